The fourth-order valence-corrected chi connectivity index (χ4v) is 3.39. The summed E-state index contributed by atoms with van der Waals surface area (Å²) in [5.41, 5.74) is 8.67. The van der Waals surface area contributed by atoms with Crippen LogP contribution in [-0.4, -0.2) is 31.1 Å². The van der Waals surface area contributed by atoms with Gasteiger partial charge in [-0.3, -0.25) is 4.90 Å². The van der Waals surface area contributed by atoms with Crippen LogP contribution in [0.15, 0.2) is 24.3 Å². The molecule has 1 aliphatic heterocycles. The van der Waals surface area contributed by atoms with Crippen LogP contribution in [0, 0.1) is 0 Å². The quantitative estimate of drug-likeness (QED) is 0.867. The third-order valence-corrected chi connectivity index (χ3v) is 4.41. The number of benzene rings is 1. The van der Waals surface area contributed by atoms with Gasteiger partial charge in [0.05, 0.1) is 6.61 Å². The molecular weight excluding hydrogens is 248 g/mol. The van der Waals surface area contributed by atoms with Gasteiger partial charge in [-0.25, -0.2) is 0 Å². The molecule has 2 unspecified atom stereocenters. The Morgan fingerprint density at radius 3 is 2.95 bits per heavy atom. The molecule has 3 heteroatoms. The Labute approximate surface area is 123 Å². The van der Waals surface area contributed by atoms with E-state index in [0.717, 1.165) is 0 Å². The predicted molar refractivity (Wildman–Crippen MR) is 83.6 cm³/mol. The van der Waals surface area contributed by atoms with Crippen LogP contribution < -0.4 is 5.73 Å². The van der Waals surface area contributed by atoms with E-state index in [1.807, 2.05) is 0 Å². The summed E-state index contributed by atoms with van der Waals surface area (Å²) < 4.78 is 5.24. The highest BCUT2D eigenvalue weighted by molar-refractivity contribution is 5.26. The highest BCUT2D eigenvalue weighted by Gasteiger charge is 2.27. The molecule has 0 radical (unpaired) electrons. The highest BCUT2D eigenvalue weighted by atomic mass is 16.5. The summed E-state index contributed by atoms with van der Waals surface area (Å²) in [5.74, 6) is 0. The van der Waals surface area contributed by atoms with Gasteiger partial charge in [-0.2, -0.15) is 0 Å². The Bertz CT molecular complexity index is 408. The van der Waals surface area contributed by atoms with E-state index in [2.05, 4.69) is 36.1 Å². The molecule has 112 valence electrons. The summed E-state index contributed by atoms with van der Waals surface area (Å²) >= 11 is 0. The smallest absolute Gasteiger partial charge is 0.0713 e. The number of hydrogen-bond donors (Lipinski definition) is 1. The van der Waals surface area contributed by atoms with Crippen LogP contribution in [0.3, 0.4) is 0 Å². The first-order chi connectivity index (χ1) is 9.80. The van der Waals surface area contributed by atoms with Crippen LogP contribution >= 0.6 is 0 Å². The molecule has 3 nitrogen and oxygen atoms in total. The molecule has 0 amide bonds. The van der Waals surface area contributed by atoms with Gasteiger partial charge >= 0.3 is 0 Å². The molecule has 1 heterocycles. The first kappa shape index (κ1) is 15.5. The van der Waals surface area contributed by atoms with Crippen molar-refractivity contribution in [2.75, 3.05) is 20.2 Å². The van der Waals surface area contributed by atoms with E-state index in [4.69, 9.17) is 10.5 Å². The second-order valence-electron chi connectivity index (χ2n) is 5.73. The zero-order valence-corrected chi connectivity index (χ0v) is 12.8. The Morgan fingerprint density at radius 2 is 2.25 bits per heavy atom. The van der Waals surface area contributed by atoms with E-state index >= 15 is 0 Å². The molecule has 20 heavy (non-hydrogen) atoms. The molecule has 0 aromatic heterocycles. The lowest BCUT2D eigenvalue weighted by Gasteiger charge is -2.41. The van der Waals surface area contributed by atoms with Crippen molar-refractivity contribution in [2.24, 2.45) is 5.73 Å². The number of rotatable bonds is 6. The summed E-state index contributed by atoms with van der Waals surface area (Å²) in [6, 6.07) is 9.73. The SMILES string of the molecule is CCC1CCCCN1C(CN)c1cccc(COC)c1. The Morgan fingerprint density at radius 1 is 1.40 bits per heavy atom. The van der Waals surface area contributed by atoms with Crippen molar-refractivity contribution in [3.05, 3.63) is 35.4 Å². The second-order valence-corrected chi connectivity index (χ2v) is 5.73. The van der Waals surface area contributed by atoms with Crippen LogP contribution in [-0.2, 0) is 11.3 Å². The fraction of sp³-hybridized carbons (Fsp3) is 0.647. The van der Waals surface area contributed by atoms with E-state index in [1.165, 1.54) is 43.4 Å². The van der Waals surface area contributed by atoms with Gasteiger partial charge < -0.3 is 10.5 Å². The van der Waals surface area contributed by atoms with Crippen LogP contribution in [0.4, 0.5) is 0 Å². The number of ether oxygens (including phenoxy) is 1. The highest BCUT2D eigenvalue weighted by Crippen LogP contribution is 2.29. The maximum atomic E-state index is 6.10. The third kappa shape index (κ3) is 3.60. The average molecular weight is 276 g/mol. The fourth-order valence-electron chi connectivity index (χ4n) is 3.39. The average Bonchev–Trinajstić information content (AvgIpc) is 2.49. The Kier molecular flexibility index (Phi) is 6.02. The minimum Gasteiger partial charge on any atom is -0.380 e. The minimum absolute atomic E-state index is 0.344. The number of likely N-dealkylation sites (tertiary alicyclic amines) is 1. The first-order valence-electron chi connectivity index (χ1n) is 7.83. The van der Waals surface area contributed by atoms with Gasteiger partial charge in [0, 0.05) is 25.7 Å². The van der Waals surface area contributed by atoms with E-state index in [-0.39, 0.29) is 0 Å². The largest absolute Gasteiger partial charge is 0.380 e. The van der Waals surface area contributed by atoms with Crippen molar-refractivity contribution in [3.63, 3.8) is 0 Å². The zero-order chi connectivity index (χ0) is 14.4. The van der Waals surface area contributed by atoms with Crippen molar-refractivity contribution >= 4 is 0 Å². The number of nitrogens with two attached hydrogens (primary N) is 1. The van der Waals surface area contributed by atoms with Crippen LogP contribution in [0.25, 0.3) is 0 Å². The summed E-state index contributed by atoms with van der Waals surface area (Å²) in [7, 11) is 1.74. The molecule has 2 atom stereocenters. The van der Waals surface area contributed by atoms with Crippen LogP contribution in [0.2, 0.25) is 0 Å². The molecule has 1 aliphatic rings. The standard InChI is InChI=1S/C17H28N2O/c1-3-16-9-4-5-10-19(16)17(12-18)15-8-6-7-14(11-15)13-20-2/h6-8,11,16-17H,3-5,9-10,12-13,18H2,1-2H3. The van der Waals surface area contributed by atoms with Gasteiger partial charge in [-0.15, -0.1) is 0 Å². The topological polar surface area (TPSA) is 38.5 Å². The third-order valence-electron chi connectivity index (χ3n) is 4.41. The van der Waals surface area contributed by atoms with Crippen LogP contribution in [0.1, 0.15) is 49.8 Å². The monoisotopic (exact) mass is 276 g/mol. The van der Waals surface area contributed by atoms with E-state index in [9.17, 15) is 0 Å². The van der Waals surface area contributed by atoms with Crippen molar-refractivity contribution in [1.29, 1.82) is 0 Å². The van der Waals surface area contributed by atoms with E-state index in [0.29, 0.717) is 25.2 Å². The number of methoxy groups -OCH3 is 1. The molecule has 0 saturated carbocycles. The molecule has 0 spiro atoms. The number of piperidine rings is 1. The maximum absolute atomic E-state index is 6.10. The minimum atomic E-state index is 0.344. The summed E-state index contributed by atoms with van der Waals surface area (Å²) in [6.07, 6.45) is 5.18. The van der Waals surface area contributed by atoms with Crippen molar-refractivity contribution in [1.82, 2.24) is 4.90 Å². The summed E-state index contributed by atoms with van der Waals surface area (Å²) in [6.45, 7) is 4.82. The van der Waals surface area contributed by atoms with Crippen molar-refractivity contribution in [2.45, 2.75) is 51.3 Å². The van der Waals surface area contributed by atoms with Gasteiger partial charge in [0.1, 0.15) is 0 Å². The number of nitrogens with zero attached hydrogens (tertiary/aromatic N) is 1. The van der Waals surface area contributed by atoms with Crippen molar-refractivity contribution in [3.8, 4) is 0 Å². The molecule has 1 fully saturated rings. The lowest BCUT2D eigenvalue weighted by Crippen LogP contribution is -2.44. The lowest BCUT2D eigenvalue weighted by molar-refractivity contribution is 0.0947. The molecular formula is C17H28N2O. The Hall–Kier alpha value is -0.900. The predicted octanol–water partition coefficient (Wildman–Crippen LogP) is 3.10. The number of hydrogen-bond acceptors (Lipinski definition) is 3. The van der Waals surface area contributed by atoms with Crippen LogP contribution in [0.5, 0.6) is 0 Å². The lowest BCUT2D eigenvalue weighted by atomic mass is 9.94. The van der Waals surface area contributed by atoms with Crippen molar-refractivity contribution < 1.29 is 4.74 Å². The van der Waals surface area contributed by atoms with Gasteiger partial charge in [-0.1, -0.05) is 37.6 Å². The normalized spacial score (nSPS) is 21.9. The molecule has 1 aromatic rings. The second kappa shape index (κ2) is 7.77. The van der Waals surface area contributed by atoms with E-state index < -0.39 is 0 Å². The molecule has 0 bridgehead atoms. The molecule has 1 aromatic carbocycles. The molecule has 2 rings (SSSR count). The molecule has 2 N–H and O–H groups in total. The maximum Gasteiger partial charge on any atom is 0.0713 e. The molecule has 0 aliphatic carbocycles. The van der Waals surface area contributed by atoms with Gasteiger partial charge in [-0.05, 0) is 36.9 Å². The van der Waals surface area contributed by atoms with Gasteiger partial charge in [0.2, 0.25) is 0 Å². The van der Waals surface area contributed by atoms with Gasteiger partial charge in [0.25, 0.3) is 0 Å². The summed E-state index contributed by atoms with van der Waals surface area (Å²) in [4.78, 5) is 2.62. The molecule has 1 saturated heterocycles. The zero-order valence-electron chi connectivity index (χ0n) is 12.8. The Balaban J connectivity index is 2.19. The summed E-state index contributed by atoms with van der Waals surface area (Å²) in [5, 5.41) is 0. The van der Waals surface area contributed by atoms with E-state index in [1.54, 1.807) is 7.11 Å². The first-order valence-corrected chi connectivity index (χ1v) is 7.83. The van der Waals surface area contributed by atoms with Gasteiger partial charge in [0.15, 0.2) is 0 Å².